The van der Waals surface area contributed by atoms with Crippen molar-refractivity contribution in [3.05, 3.63) is 23.3 Å². The van der Waals surface area contributed by atoms with Gasteiger partial charge >= 0.3 is 0 Å². The van der Waals surface area contributed by atoms with Crippen molar-refractivity contribution in [1.82, 2.24) is 4.72 Å². The van der Waals surface area contributed by atoms with Crippen LogP contribution in [-0.4, -0.2) is 30.7 Å². The molecule has 0 heterocycles. The van der Waals surface area contributed by atoms with Gasteiger partial charge in [-0.05, 0) is 37.1 Å². The highest BCUT2D eigenvalue weighted by Gasteiger charge is 2.16. The second kappa shape index (κ2) is 6.49. The highest BCUT2D eigenvalue weighted by molar-refractivity contribution is 7.89. The summed E-state index contributed by atoms with van der Waals surface area (Å²) in [5.41, 5.74) is 7.94. The summed E-state index contributed by atoms with van der Waals surface area (Å²) in [6.07, 6.45) is 0. The molecule has 5 nitrogen and oxygen atoms in total. The van der Waals surface area contributed by atoms with Crippen LogP contribution in [0.5, 0.6) is 0 Å². The van der Waals surface area contributed by atoms with Crippen LogP contribution in [-0.2, 0) is 20.8 Å². The third-order valence-corrected chi connectivity index (χ3v) is 5.68. The first-order valence-electron chi connectivity index (χ1n) is 5.99. The maximum atomic E-state index is 12.1. The number of aryl methyl sites for hydroxylation is 1. The lowest BCUT2D eigenvalue weighted by molar-refractivity contribution is 0.584. The quantitative estimate of drug-likeness (QED) is 0.765. The fourth-order valence-electron chi connectivity index (χ4n) is 1.53. The Kier molecular flexibility index (Phi) is 5.51. The van der Waals surface area contributed by atoms with Gasteiger partial charge in [-0.15, -0.1) is 0 Å². The van der Waals surface area contributed by atoms with E-state index in [-0.39, 0.29) is 11.4 Å². The fourth-order valence-corrected chi connectivity index (χ4v) is 3.42. The Morgan fingerprint density at radius 3 is 2.47 bits per heavy atom. The van der Waals surface area contributed by atoms with E-state index >= 15 is 0 Å². The maximum Gasteiger partial charge on any atom is 0.240 e. The molecule has 1 rings (SSSR count). The number of nitrogens with one attached hydrogen (secondary N) is 1. The number of nitrogen functional groups attached to an aromatic ring is 1. The van der Waals surface area contributed by atoms with E-state index in [1.807, 2.05) is 13.8 Å². The minimum atomic E-state index is -3.59. The lowest BCUT2D eigenvalue weighted by Crippen LogP contribution is -2.28. The van der Waals surface area contributed by atoms with Crippen LogP contribution in [0.4, 0.5) is 5.69 Å². The van der Waals surface area contributed by atoms with Gasteiger partial charge in [0.05, 0.1) is 4.90 Å². The predicted octanol–water partition coefficient (Wildman–Crippen LogP) is 0.933. The minimum Gasteiger partial charge on any atom is -0.398 e. The minimum absolute atomic E-state index is 0.149. The van der Waals surface area contributed by atoms with Crippen LogP contribution in [0.15, 0.2) is 17.0 Å². The van der Waals surface area contributed by atoms with Crippen LogP contribution in [0, 0.1) is 13.8 Å². The Bertz CT molecular complexity index is 560. The van der Waals surface area contributed by atoms with E-state index in [0.29, 0.717) is 17.2 Å². The summed E-state index contributed by atoms with van der Waals surface area (Å²) >= 11 is 0. The zero-order chi connectivity index (χ0) is 14.6. The molecule has 108 valence electrons. The van der Waals surface area contributed by atoms with Crippen molar-refractivity contribution in [2.45, 2.75) is 25.7 Å². The van der Waals surface area contributed by atoms with E-state index in [0.717, 1.165) is 11.1 Å². The molecule has 19 heavy (non-hydrogen) atoms. The molecule has 0 aliphatic heterocycles. The molecule has 0 radical (unpaired) electrons. The molecule has 7 heteroatoms. The molecule has 1 aromatic rings. The molecular weight excluding hydrogens is 284 g/mol. The number of anilines is 1. The molecule has 0 saturated heterocycles. The second-order valence-corrected chi connectivity index (χ2v) is 7.92. The number of benzene rings is 1. The fraction of sp³-hybridized carbons (Fsp3) is 0.500. The molecule has 0 spiro atoms. The zero-order valence-electron chi connectivity index (χ0n) is 11.4. The molecule has 0 bridgehead atoms. The Morgan fingerprint density at radius 2 is 1.95 bits per heavy atom. The summed E-state index contributed by atoms with van der Waals surface area (Å²) in [5, 5.41) is 0. The zero-order valence-corrected chi connectivity index (χ0v) is 13.0. The van der Waals surface area contributed by atoms with Crippen molar-refractivity contribution < 1.29 is 12.6 Å². The number of hydrogen-bond acceptors (Lipinski definition) is 4. The molecule has 0 aliphatic carbocycles. The van der Waals surface area contributed by atoms with Crippen LogP contribution < -0.4 is 10.5 Å². The van der Waals surface area contributed by atoms with Gasteiger partial charge in [0.15, 0.2) is 0 Å². The van der Waals surface area contributed by atoms with Crippen molar-refractivity contribution in [3.63, 3.8) is 0 Å². The molecule has 1 aromatic carbocycles. The van der Waals surface area contributed by atoms with Gasteiger partial charge in [0, 0.05) is 34.5 Å². The lowest BCUT2D eigenvalue weighted by atomic mass is 10.1. The lowest BCUT2D eigenvalue weighted by Gasteiger charge is -2.10. The topological polar surface area (TPSA) is 89.3 Å². The Labute approximate surface area is 117 Å². The van der Waals surface area contributed by atoms with Crippen molar-refractivity contribution in [3.8, 4) is 0 Å². The average molecular weight is 304 g/mol. The van der Waals surface area contributed by atoms with Crippen molar-refractivity contribution in [2.24, 2.45) is 0 Å². The summed E-state index contributed by atoms with van der Waals surface area (Å²) in [6, 6.07) is 3.03. The predicted molar refractivity (Wildman–Crippen MR) is 79.1 cm³/mol. The molecule has 0 fully saturated rings. The number of nitrogens with two attached hydrogens (primary N) is 1. The van der Waals surface area contributed by atoms with Crippen molar-refractivity contribution >= 4 is 26.5 Å². The monoisotopic (exact) mass is 304 g/mol. The first-order chi connectivity index (χ1) is 8.77. The van der Waals surface area contributed by atoms with E-state index in [1.54, 1.807) is 13.0 Å². The third kappa shape index (κ3) is 4.29. The standard InChI is InChI=1S/C12H20N2O3S2/c1-4-18(15)6-5-14-19(16,17)11-7-9(2)10(3)12(13)8-11/h7-8,14H,4-6,13H2,1-3H3. The van der Waals surface area contributed by atoms with E-state index < -0.39 is 20.8 Å². The Hall–Kier alpha value is -0.920. The molecule has 0 aliphatic rings. The largest absolute Gasteiger partial charge is 0.398 e. The molecule has 0 saturated carbocycles. The highest BCUT2D eigenvalue weighted by Crippen LogP contribution is 2.21. The number of sulfonamides is 1. The average Bonchev–Trinajstić information content (AvgIpc) is 2.34. The Balaban J connectivity index is 2.86. The van der Waals surface area contributed by atoms with Gasteiger partial charge in [0.2, 0.25) is 10.0 Å². The smallest absolute Gasteiger partial charge is 0.240 e. The SMILES string of the molecule is CCS(=O)CCNS(=O)(=O)c1cc(C)c(C)c(N)c1. The van der Waals surface area contributed by atoms with Gasteiger partial charge in [-0.2, -0.15) is 0 Å². The number of hydrogen-bond donors (Lipinski definition) is 2. The van der Waals surface area contributed by atoms with Crippen LogP contribution in [0.3, 0.4) is 0 Å². The van der Waals surface area contributed by atoms with Gasteiger partial charge in [-0.1, -0.05) is 6.92 Å². The Morgan fingerprint density at radius 1 is 1.32 bits per heavy atom. The van der Waals surface area contributed by atoms with Gasteiger partial charge in [0.25, 0.3) is 0 Å². The summed E-state index contributed by atoms with van der Waals surface area (Å²) < 4.78 is 37.8. The van der Waals surface area contributed by atoms with E-state index in [9.17, 15) is 12.6 Å². The molecule has 0 amide bonds. The van der Waals surface area contributed by atoms with Gasteiger partial charge < -0.3 is 5.73 Å². The van der Waals surface area contributed by atoms with Crippen molar-refractivity contribution in [1.29, 1.82) is 0 Å². The second-order valence-electron chi connectivity index (χ2n) is 4.28. The summed E-state index contributed by atoms with van der Waals surface area (Å²) in [7, 11) is -4.57. The molecule has 1 atom stereocenters. The van der Waals surface area contributed by atoms with Crippen LogP contribution >= 0.6 is 0 Å². The molecule has 1 unspecified atom stereocenters. The summed E-state index contributed by atoms with van der Waals surface area (Å²) in [4.78, 5) is 0.149. The summed E-state index contributed by atoms with van der Waals surface area (Å²) in [5.74, 6) is 0.842. The van der Waals surface area contributed by atoms with Crippen LogP contribution in [0.2, 0.25) is 0 Å². The first kappa shape index (κ1) is 16.1. The molecular formula is C12H20N2O3S2. The van der Waals surface area contributed by atoms with E-state index in [1.165, 1.54) is 6.07 Å². The normalized spacial score (nSPS) is 13.4. The highest BCUT2D eigenvalue weighted by atomic mass is 32.2. The third-order valence-electron chi connectivity index (χ3n) is 2.94. The molecule has 0 aromatic heterocycles. The molecule has 3 N–H and O–H groups in total. The van der Waals surface area contributed by atoms with Crippen molar-refractivity contribution in [2.75, 3.05) is 23.8 Å². The summed E-state index contributed by atoms with van der Waals surface area (Å²) in [6.45, 7) is 5.62. The maximum absolute atomic E-state index is 12.1. The number of rotatable bonds is 6. The van der Waals surface area contributed by atoms with Gasteiger partial charge in [0.1, 0.15) is 0 Å². The van der Waals surface area contributed by atoms with Gasteiger partial charge in [-0.3, -0.25) is 4.21 Å². The van der Waals surface area contributed by atoms with Crippen LogP contribution in [0.25, 0.3) is 0 Å². The van der Waals surface area contributed by atoms with Crippen LogP contribution in [0.1, 0.15) is 18.1 Å². The first-order valence-corrected chi connectivity index (χ1v) is 8.96. The van der Waals surface area contributed by atoms with E-state index in [2.05, 4.69) is 4.72 Å². The van der Waals surface area contributed by atoms with E-state index in [4.69, 9.17) is 5.73 Å². The van der Waals surface area contributed by atoms with Gasteiger partial charge in [-0.25, -0.2) is 13.1 Å².